The summed E-state index contributed by atoms with van der Waals surface area (Å²) < 4.78 is 2.22. The molecule has 1 aliphatic heterocycles. The second-order valence-electron chi connectivity index (χ2n) is 6.74. The maximum atomic E-state index is 12.0. The van der Waals surface area contributed by atoms with Gasteiger partial charge in [-0.25, -0.2) is 4.98 Å². The van der Waals surface area contributed by atoms with Gasteiger partial charge < -0.3 is 15.2 Å². The molecule has 1 fully saturated rings. The van der Waals surface area contributed by atoms with Crippen molar-refractivity contribution in [1.82, 2.24) is 25.1 Å². The van der Waals surface area contributed by atoms with E-state index in [4.69, 9.17) is 0 Å². The van der Waals surface area contributed by atoms with Gasteiger partial charge in [0.2, 0.25) is 0 Å². The summed E-state index contributed by atoms with van der Waals surface area (Å²) in [5.74, 6) is 1.04. The summed E-state index contributed by atoms with van der Waals surface area (Å²) in [6.45, 7) is 7.95. The topological polar surface area (TPSA) is 62.2 Å². The molecule has 1 aromatic carbocycles. The Morgan fingerprint density at radius 2 is 2.28 bits per heavy atom. The normalized spacial score (nSPS) is 18.5. The number of amides is 1. The Kier molecular flexibility index (Phi) is 5.50. The number of hydrogen-bond donors (Lipinski definition) is 2. The first kappa shape index (κ1) is 17.6. The number of benzene rings is 1. The molecule has 2 aromatic rings. The third-order valence-corrected chi connectivity index (χ3v) is 4.76. The fraction of sp³-hybridized carbons (Fsp3) is 0.474. The van der Waals surface area contributed by atoms with Crippen molar-refractivity contribution < 1.29 is 4.79 Å². The van der Waals surface area contributed by atoms with Crippen LogP contribution in [-0.4, -0.2) is 47.0 Å². The van der Waals surface area contributed by atoms with E-state index in [0.717, 1.165) is 37.6 Å². The Balaban J connectivity index is 1.84. The molecule has 3 rings (SSSR count). The van der Waals surface area contributed by atoms with Crippen molar-refractivity contribution in [3.8, 4) is 0 Å². The van der Waals surface area contributed by atoms with Gasteiger partial charge in [0, 0.05) is 56.7 Å². The highest BCUT2D eigenvalue weighted by Gasteiger charge is 2.25. The van der Waals surface area contributed by atoms with Crippen LogP contribution in [0.4, 0.5) is 0 Å². The monoisotopic (exact) mass is 341 g/mol. The molecule has 0 aliphatic carbocycles. The highest BCUT2D eigenvalue weighted by atomic mass is 16.1. The minimum atomic E-state index is -0.0486. The lowest BCUT2D eigenvalue weighted by molar-refractivity contribution is 0.0962. The molecule has 2 N–H and O–H groups in total. The maximum Gasteiger partial charge on any atom is 0.251 e. The molecule has 0 spiro atoms. The molecule has 2 heterocycles. The van der Waals surface area contributed by atoms with Crippen molar-refractivity contribution in [2.24, 2.45) is 0 Å². The summed E-state index contributed by atoms with van der Waals surface area (Å²) in [6.07, 6.45) is 3.92. The van der Waals surface area contributed by atoms with Crippen LogP contribution in [0.3, 0.4) is 0 Å². The molecule has 134 valence electrons. The Bertz CT molecular complexity index is 724. The lowest BCUT2D eigenvalue weighted by atomic mass is 10.0. The number of piperazine rings is 1. The molecule has 1 amide bonds. The van der Waals surface area contributed by atoms with Crippen LogP contribution >= 0.6 is 0 Å². The molecule has 1 aromatic heterocycles. The molecule has 0 bridgehead atoms. The minimum absolute atomic E-state index is 0.0486. The van der Waals surface area contributed by atoms with Crippen LogP contribution in [0.1, 0.15) is 47.7 Å². The van der Waals surface area contributed by atoms with Gasteiger partial charge in [-0.3, -0.25) is 9.69 Å². The van der Waals surface area contributed by atoms with Crippen LogP contribution in [0.15, 0.2) is 36.7 Å². The molecular weight excluding hydrogens is 314 g/mol. The van der Waals surface area contributed by atoms with Gasteiger partial charge in [0.05, 0.1) is 6.54 Å². The third kappa shape index (κ3) is 3.91. The van der Waals surface area contributed by atoms with Gasteiger partial charge in [-0.1, -0.05) is 12.1 Å². The molecule has 1 saturated heterocycles. The van der Waals surface area contributed by atoms with Crippen LogP contribution in [0.2, 0.25) is 0 Å². The first-order chi connectivity index (χ1) is 12.1. The standard InChI is InChI=1S/C19H27N5O/c1-14(2)24-10-8-22-18(24)13-23-9-7-21-12-17(23)15-5-4-6-16(11-15)19(25)20-3/h4-6,8,10-11,14,17,21H,7,9,12-13H2,1-3H3,(H,20,25). The van der Waals surface area contributed by atoms with E-state index in [9.17, 15) is 4.79 Å². The zero-order valence-corrected chi connectivity index (χ0v) is 15.2. The van der Waals surface area contributed by atoms with Gasteiger partial charge in [0.1, 0.15) is 5.82 Å². The van der Waals surface area contributed by atoms with E-state index in [1.807, 2.05) is 30.6 Å². The number of aromatic nitrogens is 2. The van der Waals surface area contributed by atoms with Gasteiger partial charge in [0.25, 0.3) is 5.91 Å². The zero-order chi connectivity index (χ0) is 17.8. The van der Waals surface area contributed by atoms with Gasteiger partial charge >= 0.3 is 0 Å². The first-order valence-corrected chi connectivity index (χ1v) is 8.88. The molecule has 6 heteroatoms. The second kappa shape index (κ2) is 7.80. The maximum absolute atomic E-state index is 12.0. The van der Waals surface area contributed by atoms with Crippen molar-refractivity contribution in [3.63, 3.8) is 0 Å². The fourth-order valence-electron chi connectivity index (χ4n) is 3.41. The molecular formula is C19H27N5O. The predicted molar refractivity (Wildman–Crippen MR) is 98.5 cm³/mol. The van der Waals surface area contributed by atoms with Gasteiger partial charge in [-0.2, -0.15) is 0 Å². The number of nitrogens with one attached hydrogen (secondary N) is 2. The molecule has 1 unspecified atom stereocenters. The third-order valence-electron chi connectivity index (χ3n) is 4.76. The summed E-state index contributed by atoms with van der Waals surface area (Å²) in [5, 5.41) is 6.17. The van der Waals surface area contributed by atoms with Crippen LogP contribution in [0, 0.1) is 0 Å². The van der Waals surface area contributed by atoms with Crippen molar-refractivity contribution in [2.45, 2.75) is 32.5 Å². The predicted octanol–water partition coefficient (Wildman–Crippen LogP) is 1.97. The highest BCUT2D eigenvalue weighted by Crippen LogP contribution is 2.25. The number of nitrogens with zero attached hydrogens (tertiary/aromatic N) is 3. The molecule has 0 saturated carbocycles. The van der Waals surface area contributed by atoms with Crippen LogP contribution in [0.5, 0.6) is 0 Å². The number of imidazole rings is 1. The molecule has 0 radical (unpaired) electrons. The van der Waals surface area contributed by atoms with E-state index in [1.165, 1.54) is 0 Å². The van der Waals surface area contributed by atoms with Gasteiger partial charge in [-0.15, -0.1) is 0 Å². The van der Waals surface area contributed by atoms with E-state index < -0.39 is 0 Å². The second-order valence-corrected chi connectivity index (χ2v) is 6.74. The zero-order valence-electron chi connectivity index (χ0n) is 15.2. The van der Waals surface area contributed by atoms with Gasteiger partial charge in [0.15, 0.2) is 0 Å². The summed E-state index contributed by atoms with van der Waals surface area (Å²) in [4.78, 5) is 19.0. The van der Waals surface area contributed by atoms with Crippen LogP contribution in [0.25, 0.3) is 0 Å². The summed E-state index contributed by atoms with van der Waals surface area (Å²) in [7, 11) is 1.66. The van der Waals surface area contributed by atoms with Crippen molar-refractivity contribution in [2.75, 3.05) is 26.7 Å². The Labute approximate surface area is 149 Å². The average molecular weight is 341 g/mol. The van der Waals surface area contributed by atoms with Gasteiger partial charge in [-0.05, 0) is 31.5 Å². The summed E-state index contributed by atoms with van der Waals surface area (Å²) in [6, 6.07) is 8.55. The summed E-state index contributed by atoms with van der Waals surface area (Å²) >= 11 is 0. The Morgan fingerprint density at radius 3 is 3.04 bits per heavy atom. The van der Waals surface area contributed by atoms with E-state index in [1.54, 1.807) is 7.05 Å². The molecule has 1 aliphatic rings. The van der Waals surface area contributed by atoms with Crippen molar-refractivity contribution in [3.05, 3.63) is 53.6 Å². The molecule has 1 atom stereocenters. The molecule has 6 nitrogen and oxygen atoms in total. The number of carbonyl (C=O) groups excluding carboxylic acids is 1. The number of carbonyl (C=O) groups is 1. The lowest BCUT2D eigenvalue weighted by Crippen LogP contribution is -2.46. The lowest BCUT2D eigenvalue weighted by Gasteiger charge is -2.36. The van der Waals surface area contributed by atoms with Crippen molar-refractivity contribution in [1.29, 1.82) is 0 Å². The van der Waals surface area contributed by atoms with E-state index in [2.05, 4.69) is 45.0 Å². The van der Waals surface area contributed by atoms with Crippen LogP contribution in [-0.2, 0) is 6.54 Å². The van der Waals surface area contributed by atoms with E-state index >= 15 is 0 Å². The van der Waals surface area contributed by atoms with Crippen molar-refractivity contribution >= 4 is 5.91 Å². The molecule has 25 heavy (non-hydrogen) atoms. The van der Waals surface area contributed by atoms with E-state index in [0.29, 0.717) is 11.6 Å². The fourth-order valence-corrected chi connectivity index (χ4v) is 3.41. The van der Waals surface area contributed by atoms with Crippen LogP contribution < -0.4 is 10.6 Å². The SMILES string of the molecule is CNC(=O)c1cccc(C2CNCCN2Cc2nccn2C(C)C)c1. The Hall–Kier alpha value is -2.18. The minimum Gasteiger partial charge on any atom is -0.355 e. The summed E-state index contributed by atoms with van der Waals surface area (Å²) in [5.41, 5.74) is 1.87. The average Bonchev–Trinajstić information content (AvgIpc) is 3.10. The quantitative estimate of drug-likeness (QED) is 0.873. The number of hydrogen-bond acceptors (Lipinski definition) is 4. The first-order valence-electron chi connectivity index (χ1n) is 8.88. The Morgan fingerprint density at radius 1 is 1.44 bits per heavy atom. The largest absolute Gasteiger partial charge is 0.355 e. The smallest absolute Gasteiger partial charge is 0.251 e. The number of rotatable bonds is 5. The highest BCUT2D eigenvalue weighted by molar-refractivity contribution is 5.94. The van der Waals surface area contributed by atoms with E-state index in [-0.39, 0.29) is 11.9 Å².